The second-order valence-corrected chi connectivity index (χ2v) is 4.78. The predicted molar refractivity (Wildman–Crippen MR) is 79.0 cm³/mol. The first-order valence-corrected chi connectivity index (χ1v) is 6.26. The molecule has 2 rings (SSSR count). The summed E-state index contributed by atoms with van der Waals surface area (Å²) in [5, 5.41) is 9.02. The highest BCUT2D eigenvalue weighted by molar-refractivity contribution is 5.88. The second kappa shape index (κ2) is 5.65. The highest BCUT2D eigenvalue weighted by Crippen LogP contribution is 2.28. The lowest BCUT2D eigenvalue weighted by Gasteiger charge is -2.15. The van der Waals surface area contributed by atoms with Crippen LogP contribution in [0.4, 0.5) is 5.69 Å². The number of rotatable bonds is 4. The number of benzene rings is 2. The molecule has 104 valence electrons. The van der Waals surface area contributed by atoms with Gasteiger partial charge in [-0.3, -0.25) is 0 Å². The van der Waals surface area contributed by atoms with E-state index in [0.717, 1.165) is 11.3 Å². The molecule has 0 saturated carbocycles. The summed E-state index contributed by atoms with van der Waals surface area (Å²) in [6.07, 6.45) is 0. The van der Waals surface area contributed by atoms with E-state index in [-0.39, 0.29) is 5.56 Å². The highest BCUT2D eigenvalue weighted by Gasteiger charge is 2.08. The van der Waals surface area contributed by atoms with Crippen LogP contribution in [0.1, 0.15) is 15.9 Å². The molecular formula is C16H17NO3. The molecule has 4 nitrogen and oxygen atoms in total. The van der Waals surface area contributed by atoms with E-state index in [1.807, 2.05) is 50.2 Å². The van der Waals surface area contributed by atoms with Crippen LogP contribution in [-0.2, 0) is 0 Å². The fourth-order valence-electron chi connectivity index (χ4n) is 1.80. The number of hydrogen-bond acceptors (Lipinski definition) is 3. The first-order valence-electron chi connectivity index (χ1n) is 6.26. The highest BCUT2D eigenvalue weighted by atomic mass is 16.5. The molecule has 4 heteroatoms. The molecule has 0 aromatic heterocycles. The molecule has 0 bridgehead atoms. The van der Waals surface area contributed by atoms with Crippen molar-refractivity contribution in [3.05, 3.63) is 53.6 Å². The van der Waals surface area contributed by atoms with Crippen LogP contribution in [0.5, 0.6) is 11.5 Å². The number of carbonyl (C=O) groups is 1. The number of hydrogen-bond donors (Lipinski definition) is 1. The number of nitrogens with zero attached hydrogens (tertiary/aromatic N) is 1. The maximum atomic E-state index is 11.0. The summed E-state index contributed by atoms with van der Waals surface area (Å²) in [6.45, 7) is 1.89. The van der Waals surface area contributed by atoms with E-state index < -0.39 is 5.97 Å². The normalized spacial score (nSPS) is 10.2. The van der Waals surface area contributed by atoms with Crippen LogP contribution in [0.15, 0.2) is 42.5 Å². The van der Waals surface area contributed by atoms with Gasteiger partial charge >= 0.3 is 5.97 Å². The number of aryl methyl sites for hydroxylation is 1. The van der Waals surface area contributed by atoms with Gasteiger partial charge in [-0.05, 0) is 36.8 Å². The maximum Gasteiger partial charge on any atom is 0.335 e. The van der Waals surface area contributed by atoms with Crippen LogP contribution < -0.4 is 9.64 Å². The molecule has 2 aromatic rings. The van der Waals surface area contributed by atoms with Crippen molar-refractivity contribution < 1.29 is 14.6 Å². The van der Waals surface area contributed by atoms with Gasteiger partial charge in [-0.1, -0.05) is 12.1 Å². The van der Waals surface area contributed by atoms with Gasteiger partial charge in [0.05, 0.1) is 5.56 Å². The zero-order chi connectivity index (χ0) is 14.7. The third-order valence-corrected chi connectivity index (χ3v) is 3.00. The summed E-state index contributed by atoms with van der Waals surface area (Å²) in [4.78, 5) is 13.0. The number of aromatic carboxylic acids is 1. The number of anilines is 1. The second-order valence-electron chi connectivity index (χ2n) is 4.78. The third-order valence-electron chi connectivity index (χ3n) is 3.00. The largest absolute Gasteiger partial charge is 0.478 e. The molecule has 0 aliphatic rings. The van der Waals surface area contributed by atoms with E-state index in [2.05, 4.69) is 0 Å². The Labute approximate surface area is 118 Å². The molecule has 0 spiro atoms. The molecule has 0 saturated heterocycles. The minimum absolute atomic E-state index is 0.217. The Kier molecular flexibility index (Phi) is 3.94. The smallest absolute Gasteiger partial charge is 0.335 e. The van der Waals surface area contributed by atoms with Gasteiger partial charge in [-0.2, -0.15) is 0 Å². The van der Waals surface area contributed by atoms with Crippen LogP contribution in [0.2, 0.25) is 0 Å². The van der Waals surface area contributed by atoms with Crippen molar-refractivity contribution in [2.75, 3.05) is 19.0 Å². The molecular weight excluding hydrogens is 254 g/mol. The van der Waals surface area contributed by atoms with Gasteiger partial charge in [0.1, 0.15) is 11.5 Å². The minimum Gasteiger partial charge on any atom is -0.478 e. The fraction of sp³-hybridized carbons (Fsp3) is 0.188. The number of ether oxygens (including phenoxy) is 1. The van der Waals surface area contributed by atoms with Crippen LogP contribution in [0.3, 0.4) is 0 Å². The van der Waals surface area contributed by atoms with Gasteiger partial charge < -0.3 is 14.7 Å². The molecule has 0 aliphatic heterocycles. The molecule has 0 amide bonds. The average Bonchev–Trinajstić information content (AvgIpc) is 2.41. The first kappa shape index (κ1) is 13.9. The fourth-order valence-corrected chi connectivity index (χ4v) is 1.80. The van der Waals surface area contributed by atoms with Gasteiger partial charge in [-0.15, -0.1) is 0 Å². The standard InChI is InChI=1S/C16H17NO3/c1-11-7-8-12(16(18)19)9-15(11)20-14-6-4-5-13(10-14)17(2)3/h4-10H,1-3H3,(H,18,19). The lowest BCUT2D eigenvalue weighted by Crippen LogP contribution is -2.08. The summed E-state index contributed by atoms with van der Waals surface area (Å²) in [6, 6.07) is 12.5. The Morgan fingerprint density at radius 2 is 1.90 bits per heavy atom. The van der Waals surface area contributed by atoms with E-state index in [9.17, 15) is 4.79 Å². The zero-order valence-electron chi connectivity index (χ0n) is 11.8. The van der Waals surface area contributed by atoms with Crippen LogP contribution >= 0.6 is 0 Å². The number of carboxylic acid groups (broad SMARTS) is 1. The van der Waals surface area contributed by atoms with E-state index in [4.69, 9.17) is 9.84 Å². The topological polar surface area (TPSA) is 49.8 Å². The zero-order valence-corrected chi connectivity index (χ0v) is 11.8. The summed E-state index contributed by atoms with van der Waals surface area (Å²) in [5.74, 6) is 0.277. The molecule has 20 heavy (non-hydrogen) atoms. The Morgan fingerprint density at radius 1 is 1.15 bits per heavy atom. The van der Waals surface area contributed by atoms with E-state index in [1.54, 1.807) is 18.2 Å². The maximum absolute atomic E-state index is 11.0. The lowest BCUT2D eigenvalue weighted by molar-refractivity contribution is 0.0696. The van der Waals surface area contributed by atoms with Gasteiger partial charge in [0.2, 0.25) is 0 Å². The van der Waals surface area contributed by atoms with Gasteiger partial charge in [0.15, 0.2) is 0 Å². The van der Waals surface area contributed by atoms with Crippen molar-refractivity contribution in [1.82, 2.24) is 0 Å². The van der Waals surface area contributed by atoms with Gasteiger partial charge in [-0.25, -0.2) is 4.79 Å². The van der Waals surface area contributed by atoms with Crippen molar-refractivity contribution in [2.24, 2.45) is 0 Å². The number of carboxylic acids is 1. The summed E-state index contributed by atoms with van der Waals surface area (Å²) in [7, 11) is 3.91. The Bertz CT molecular complexity index is 635. The van der Waals surface area contributed by atoms with E-state index >= 15 is 0 Å². The van der Waals surface area contributed by atoms with Crippen LogP contribution in [0.25, 0.3) is 0 Å². The Morgan fingerprint density at radius 3 is 2.55 bits per heavy atom. The minimum atomic E-state index is -0.961. The molecule has 0 unspecified atom stereocenters. The SMILES string of the molecule is Cc1ccc(C(=O)O)cc1Oc1cccc(N(C)C)c1. The monoisotopic (exact) mass is 271 g/mol. The summed E-state index contributed by atoms with van der Waals surface area (Å²) < 4.78 is 5.80. The average molecular weight is 271 g/mol. The van der Waals surface area contributed by atoms with Crippen LogP contribution in [-0.4, -0.2) is 25.2 Å². The predicted octanol–water partition coefficient (Wildman–Crippen LogP) is 3.55. The van der Waals surface area contributed by atoms with Gasteiger partial charge in [0.25, 0.3) is 0 Å². The lowest BCUT2D eigenvalue weighted by atomic mass is 10.1. The van der Waals surface area contributed by atoms with Crippen molar-refractivity contribution in [3.63, 3.8) is 0 Å². The quantitative estimate of drug-likeness (QED) is 0.923. The molecule has 2 aromatic carbocycles. The molecule has 1 N–H and O–H groups in total. The molecule has 0 aliphatic carbocycles. The van der Waals surface area contributed by atoms with Crippen molar-refractivity contribution >= 4 is 11.7 Å². The summed E-state index contributed by atoms with van der Waals surface area (Å²) in [5.41, 5.74) is 2.13. The first-order chi connectivity index (χ1) is 9.47. The third kappa shape index (κ3) is 3.09. The molecule has 0 radical (unpaired) electrons. The Balaban J connectivity index is 2.32. The van der Waals surface area contributed by atoms with E-state index in [0.29, 0.717) is 11.5 Å². The molecule has 0 atom stereocenters. The van der Waals surface area contributed by atoms with Crippen molar-refractivity contribution in [2.45, 2.75) is 6.92 Å². The van der Waals surface area contributed by atoms with Crippen LogP contribution in [0, 0.1) is 6.92 Å². The van der Waals surface area contributed by atoms with Crippen molar-refractivity contribution in [1.29, 1.82) is 0 Å². The Hall–Kier alpha value is -2.49. The van der Waals surface area contributed by atoms with Crippen molar-refractivity contribution in [3.8, 4) is 11.5 Å². The van der Waals surface area contributed by atoms with Gasteiger partial charge in [0, 0.05) is 25.8 Å². The summed E-state index contributed by atoms with van der Waals surface area (Å²) >= 11 is 0. The molecule has 0 heterocycles. The van der Waals surface area contributed by atoms with E-state index in [1.165, 1.54) is 0 Å². The molecule has 0 fully saturated rings.